The van der Waals surface area contributed by atoms with E-state index in [9.17, 15) is 5.11 Å². The van der Waals surface area contributed by atoms with Crippen LogP contribution in [-0.4, -0.2) is 15.1 Å². The average Bonchev–Trinajstić information content (AvgIpc) is 3.05. The van der Waals surface area contributed by atoms with Crippen molar-refractivity contribution in [3.05, 3.63) is 144 Å². The zero-order chi connectivity index (χ0) is 34.2. The number of pyridine rings is 2. The standard InChI is InChI=1S/C44H44N3O.Pt/c1-29-14-11-15-30(2)42(29)32-22-23-45-39(25-32)38-19-13-21-41(46-38)47(35-17-12-16-31(24-35)37-18-9-10-20-40(37)48)36-27-33(43(3,4)5)26-34(28-36)44(6,7)8;/h9-23,25-28,48H,1-8H3;/q-1;. The molecule has 0 atom stereocenters. The van der Waals surface area contributed by atoms with Crippen molar-refractivity contribution in [1.29, 1.82) is 0 Å². The van der Waals surface area contributed by atoms with Gasteiger partial charge in [-0.15, -0.1) is 29.8 Å². The second kappa shape index (κ2) is 14.1. The molecule has 6 aromatic rings. The van der Waals surface area contributed by atoms with Gasteiger partial charge < -0.3 is 10.0 Å². The molecule has 0 aliphatic rings. The average molecular weight is 826 g/mol. The first-order valence-corrected chi connectivity index (χ1v) is 16.6. The van der Waals surface area contributed by atoms with E-state index < -0.39 is 0 Å². The number of phenolic OH excluding ortho intramolecular Hbond substituents is 1. The van der Waals surface area contributed by atoms with Crippen LogP contribution in [0.15, 0.2) is 115 Å². The maximum atomic E-state index is 10.7. The Morgan fingerprint density at radius 1 is 0.653 bits per heavy atom. The molecule has 0 bridgehead atoms. The van der Waals surface area contributed by atoms with Gasteiger partial charge in [0.25, 0.3) is 0 Å². The molecule has 0 amide bonds. The number of aromatic hydroxyl groups is 1. The zero-order valence-corrected chi connectivity index (χ0v) is 31.8. The summed E-state index contributed by atoms with van der Waals surface area (Å²) in [6.07, 6.45) is 1.87. The molecular weight excluding hydrogens is 782 g/mol. The van der Waals surface area contributed by atoms with Gasteiger partial charge in [0.15, 0.2) is 0 Å². The van der Waals surface area contributed by atoms with E-state index in [0.717, 1.165) is 45.3 Å². The molecule has 6 rings (SSSR count). The molecule has 4 aromatic carbocycles. The third-order valence-electron chi connectivity index (χ3n) is 8.88. The Morgan fingerprint density at radius 2 is 1.29 bits per heavy atom. The molecule has 2 aromatic heterocycles. The molecule has 0 unspecified atom stereocenters. The molecule has 2 heterocycles. The number of benzene rings is 4. The first-order valence-electron chi connectivity index (χ1n) is 16.6. The molecule has 49 heavy (non-hydrogen) atoms. The summed E-state index contributed by atoms with van der Waals surface area (Å²) in [5.74, 6) is 0.973. The van der Waals surface area contributed by atoms with Crippen molar-refractivity contribution in [2.24, 2.45) is 0 Å². The van der Waals surface area contributed by atoms with Gasteiger partial charge in [-0.2, -0.15) is 0 Å². The van der Waals surface area contributed by atoms with Crippen LogP contribution in [0.1, 0.15) is 63.8 Å². The number of phenols is 1. The zero-order valence-electron chi connectivity index (χ0n) is 29.6. The number of aromatic nitrogens is 2. The molecule has 0 saturated carbocycles. The fourth-order valence-corrected chi connectivity index (χ4v) is 6.13. The Labute approximate surface area is 306 Å². The summed E-state index contributed by atoms with van der Waals surface area (Å²) in [7, 11) is 0. The molecule has 0 aliphatic heterocycles. The molecule has 4 nitrogen and oxygen atoms in total. The van der Waals surface area contributed by atoms with E-state index in [1.807, 2.05) is 54.7 Å². The van der Waals surface area contributed by atoms with Crippen molar-refractivity contribution in [3.63, 3.8) is 0 Å². The van der Waals surface area contributed by atoms with Crippen molar-refractivity contribution >= 4 is 17.2 Å². The van der Waals surface area contributed by atoms with Crippen molar-refractivity contribution in [1.82, 2.24) is 9.97 Å². The second-order valence-electron chi connectivity index (χ2n) is 14.6. The van der Waals surface area contributed by atoms with Crippen LogP contribution in [0.25, 0.3) is 33.6 Å². The number of nitrogens with zero attached hydrogens (tertiary/aromatic N) is 3. The predicted octanol–water partition coefficient (Wildman–Crippen LogP) is 11.7. The third kappa shape index (κ3) is 7.71. The fraction of sp³-hybridized carbons (Fsp3) is 0.227. The van der Waals surface area contributed by atoms with Crippen molar-refractivity contribution in [2.45, 2.75) is 66.2 Å². The Bertz CT molecular complexity index is 2050. The van der Waals surface area contributed by atoms with Gasteiger partial charge in [-0.3, -0.25) is 4.98 Å². The first-order chi connectivity index (χ1) is 22.8. The van der Waals surface area contributed by atoms with Crippen molar-refractivity contribution in [3.8, 4) is 39.4 Å². The minimum atomic E-state index is -0.0730. The number of aryl methyl sites for hydroxylation is 2. The molecule has 252 valence electrons. The maximum absolute atomic E-state index is 10.7. The van der Waals surface area contributed by atoms with Gasteiger partial charge in [-0.1, -0.05) is 95.6 Å². The normalized spacial score (nSPS) is 11.6. The fourth-order valence-electron chi connectivity index (χ4n) is 6.13. The van der Waals surface area contributed by atoms with Crippen LogP contribution < -0.4 is 4.90 Å². The summed E-state index contributed by atoms with van der Waals surface area (Å²) >= 11 is 0. The predicted molar refractivity (Wildman–Crippen MR) is 200 cm³/mol. The Balaban J connectivity index is 0.00000468. The summed E-state index contributed by atoms with van der Waals surface area (Å²) in [4.78, 5) is 12.2. The third-order valence-corrected chi connectivity index (χ3v) is 8.88. The van der Waals surface area contributed by atoms with Crippen LogP contribution in [0.5, 0.6) is 5.75 Å². The number of hydrogen-bond donors (Lipinski definition) is 1. The topological polar surface area (TPSA) is 49.2 Å². The van der Waals surface area contributed by atoms with E-state index in [1.165, 1.54) is 27.8 Å². The molecule has 0 spiro atoms. The van der Waals surface area contributed by atoms with Crippen molar-refractivity contribution < 1.29 is 26.2 Å². The van der Waals surface area contributed by atoms with Crippen LogP contribution in [0.4, 0.5) is 17.2 Å². The van der Waals surface area contributed by atoms with E-state index in [4.69, 9.17) is 9.97 Å². The van der Waals surface area contributed by atoms with E-state index >= 15 is 0 Å². The molecule has 0 radical (unpaired) electrons. The van der Waals surface area contributed by atoms with Gasteiger partial charge in [0.2, 0.25) is 0 Å². The van der Waals surface area contributed by atoms with Crippen molar-refractivity contribution in [2.75, 3.05) is 4.90 Å². The maximum Gasteiger partial charge on any atom is 0.136 e. The molecule has 0 aliphatic carbocycles. The summed E-state index contributed by atoms with van der Waals surface area (Å²) in [6, 6.07) is 40.6. The van der Waals surface area contributed by atoms with Gasteiger partial charge in [0.05, 0.1) is 17.1 Å². The Kier molecular flexibility index (Phi) is 10.3. The molecule has 5 heteroatoms. The summed E-state index contributed by atoms with van der Waals surface area (Å²) in [5, 5.41) is 10.7. The minimum Gasteiger partial charge on any atom is -0.517 e. The van der Waals surface area contributed by atoms with Crippen LogP contribution in [-0.2, 0) is 31.9 Å². The second-order valence-corrected chi connectivity index (χ2v) is 14.6. The van der Waals surface area contributed by atoms with E-state index in [0.29, 0.717) is 0 Å². The van der Waals surface area contributed by atoms with Gasteiger partial charge in [-0.05, 0) is 106 Å². The SMILES string of the molecule is Cc1cccc(C)c1-c1ccnc(-c2cccc(N(c3[c-]c(-c4ccccc4O)ccc3)c3cc(C(C)(C)C)cc(C(C)(C)C)c3)n2)c1.[Pt]. The van der Waals surface area contributed by atoms with Gasteiger partial charge >= 0.3 is 0 Å². The van der Waals surface area contributed by atoms with Gasteiger partial charge in [-0.25, -0.2) is 4.98 Å². The quantitative estimate of drug-likeness (QED) is 0.170. The summed E-state index contributed by atoms with van der Waals surface area (Å²) in [5.41, 5.74) is 12.1. The first kappa shape index (κ1) is 35.8. The number of para-hydroxylation sites is 1. The van der Waals surface area contributed by atoms with Gasteiger partial charge in [0, 0.05) is 32.9 Å². The molecule has 1 N–H and O–H groups in total. The largest absolute Gasteiger partial charge is 0.517 e. The van der Waals surface area contributed by atoms with Crippen LogP contribution >= 0.6 is 0 Å². The van der Waals surface area contributed by atoms with Crippen LogP contribution in [0.3, 0.4) is 0 Å². The smallest absolute Gasteiger partial charge is 0.136 e. The molecular formula is C44H44N3OPt-. The summed E-state index contributed by atoms with van der Waals surface area (Å²) < 4.78 is 0. The monoisotopic (exact) mass is 825 g/mol. The minimum absolute atomic E-state index is 0. The summed E-state index contributed by atoms with van der Waals surface area (Å²) in [6.45, 7) is 17.8. The number of anilines is 3. The Morgan fingerprint density at radius 3 is 1.94 bits per heavy atom. The van der Waals surface area contributed by atoms with Gasteiger partial charge in [0.1, 0.15) is 5.82 Å². The van der Waals surface area contributed by atoms with E-state index in [2.05, 4.69) is 121 Å². The Hall–Kier alpha value is -4.53. The number of hydrogen-bond acceptors (Lipinski definition) is 4. The van der Waals surface area contributed by atoms with E-state index in [1.54, 1.807) is 6.07 Å². The molecule has 0 saturated heterocycles. The van der Waals surface area contributed by atoms with Crippen LogP contribution in [0, 0.1) is 19.9 Å². The number of rotatable bonds is 6. The van der Waals surface area contributed by atoms with Crippen LogP contribution in [0.2, 0.25) is 0 Å². The molecule has 0 fully saturated rings. The van der Waals surface area contributed by atoms with E-state index in [-0.39, 0.29) is 37.6 Å².